The second-order valence-corrected chi connectivity index (χ2v) is 3.80. The Balaban J connectivity index is 1.92. The van der Waals surface area contributed by atoms with Gasteiger partial charge in [0.25, 0.3) is 0 Å². The van der Waals surface area contributed by atoms with Crippen LogP contribution >= 0.6 is 0 Å². The Labute approximate surface area is 79.4 Å². The highest BCUT2D eigenvalue weighted by molar-refractivity contribution is 5.14. The molecule has 0 aliphatic heterocycles. The zero-order chi connectivity index (χ0) is 9.10. The van der Waals surface area contributed by atoms with Gasteiger partial charge < -0.3 is 5.32 Å². The minimum absolute atomic E-state index is 0.466. The van der Waals surface area contributed by atoms with Crippen LogP contribution in [0, 0.1) is 0 Å². The van der Waals surface area contributed by atoms with Gasteiger partial charge >= 0.3 is 0 Å². The largest absolute Gasteiger partial charge is 0.307 e. The molecule has 2 rings (SSSR count). The van der Waals surface area contributed by atoms with Gasteiger partial charge in [-0.15, -0.1) is 0 Å². The van der Waals surface area contributed by atoms with Crippen LogP contribution in [0.3, 0.4) is 0 Å². The molecule has 0 unspecified atom stereocenters. The van der Waals surface area contributed by atoms with E-state index < -0.39 is 0 Å². The molecule has 0 aromatic carbocycles. The third-order valence-corrected chi connectivity index (χ3v) is 2.80. The van der Waals surface area contributed by atoms with Gasteiger partial charge in [0, 0.05) is 24.5 Å². The van der Waals surface area contributed by atoms with Crippen molar-refractivity contribution >= 4 is 0 Å². The third kappa shape index (κ3) is 2.07. The number of pyridine rings is 1. The summed E-state index contributed by atoms with van der Waals surface area (Å²) in [4.78, 5) is 4.01. The minimum atomic E-state index is 0.466. The predicted molar refractivity (Wildman–Crippen MR) is 53.4 cm³/mol. The van der Waals surface area contributed by atoms with Gasteiger partial charge in [0.05, 0.1) is 0 Å². The standard InChI is InChI=1S/C11H16N2/c1-9(13-11-3-2-4-11)10-5-7-12-8-6-10/h5-9,11,13H,2-4H2,1H3/t9-/m0/s1. The second-order valence-electron chi connectivity index (χ2n) is 3.80. The molecule has 2 heteroatoms. The van der Waals surface area contributed by atoms with Crippen LogP contribution in [0.4, 0.5) is 0 Å². The normalized spacial score (nSPS) is 19.5. The van der Waals surface area contributed by atoms with Crippen molar-refractivity contribution in [1.82, 2.24) is 10.3 Å². The maximum atomic E-state index is 4.01. The maximum absolute atomic E-state index is 4.01. The van der Waals surface area contributed by atoms with Crippen molar-refractivity contribution in [1.29, 1.82) is 0 Å². The molecule has 1 atom stereocenters. The summed E-state index contributed by atoms with van der Waals surface area (Å²) in [6.07, 6.45) is 7.79. The fourth-order valence-electron chi connectivity index (χ4n) is 1.68. The van der Waals surface area contributed by atoms with E-state index in [4.69, 9.17) is 0 Å². The first-order valence-corrected chi connectivity index (χ1v) is 5.02. The van der Waals surface area contributed by atoms with E-state index in [-0.39, 0.29) is 0 Å². The van der Waals surface area contributed by atoms with Gasteiger partial charge in [0.1, 0.15) is 0 Å². The van der Waals surface area contributed by atoms with E-state index in [0.717, 1.165) is 6.04 Å². The molecule has 0 spiro atoms. The first-order chi connectivity index (χ1) is 6.36. The van der Waals surface area contributed by atoms with Crippen molar-refractivity contribution in [2.24, 2.45) is 0 Å². The van der Waals surface area contributed by atoms with E-state index in [9.17, 15) is 0 Å². The second kappa shape index (κ2) is 3.88. The lowest BCUT2D eigenvalue weighted by Crippen LogP contribution is -2.36. The van der Waals surface area contributed by atoms with E-state index in [2.05, 4.69) is 29.4 Å². The van der Waals surface area contributed by atoms with E-state index in [1.54, 1.807) is 0 Å². The molecule has 0 saturated heterocycles. The Bertz CT molecular complexity index is 254. The zero-order valence-electron chi connectivity index (χ0n) is 8.03. The molecule has 2 nitrogen and oxygen atoms in total. The Kier molecular flexibility index (Phi) is 2.60. The lowest BCUT2D eigenvalue weighted by Gasteiger charge is -2.30. The van der Waals surface area contributed by atoms with Gasteiger partial charge in [-0.3, -0.25) is 4.98 Å². The Morgan fingerprint density at radius 2 is 2.08 bits per heavy atom. The molecule has 1 saturated carbocycles. The molecule has 13 heavy (non-hydrogen) atoms. The van der Waals surface area contributed by atoms with E-state index in [0.29, 0.717) is 6.04 Å². The van der Waals surface area contributed by atoms with Crippen LogP contribution in [-0.4, -0.2) is 11.0 Å². The fourth-order valence-corrected chi connectivity index (χ4v) is 1.68. The quantitative estimate of drug-likeness (QED) is 0.764. The highest BCUT2D eigenvalue weighted by atomic mass is 15.0. The van der Waals surface area contributed by atoms with Crippen LogP contribution in [0.15, 0.2) is 24.5 Å². The molecule has 1 aromatic heterocycles. The smallest absolute Gasteiger partial charge is 0.0295 e. The van der Waals surface area contributed by atoms with E-state index >= 15 is 0 Å². The summed E-state index contributed by atoms with van der Waals surface area (Å²) >= 11 is 0. The average molecular weight is 176 g/mol. The number of rotatable bonds is 3. The predicted octanol–water partition coefficient (Wildman–Crippen LogP) is 2.28. The van der Waals surface area contributed by atoms with Crippen molar-refractivity contribution in [2.45, 2.75) is 38.3 Å². The van der Waals surface area contributed by atoms with Crippen LogP contribution in [-0.2, 0) is 0 Å². The topological polar surface area (TPSA) is 24.9 Å². The van der Waals surface area contributed by atoms with Crippen molar-refractivity contribution in [3.05, 3.63) is 30.1 Å². The van der Waals surface area contributed by atoms with Gasteiger partial charge in [-0.2, -0.15) is 0 Å². The van der Waals surface area contributed by atoms with E-state index in [1.165, 1.54) is 24.8 Å². The first-order valence-electron chi connectivity index (χ1n) is 5.02. The van der Waals surface area contributed by atoms with Gasteiger partial charge in [-0.25, -0.2) is 0 Å². The van der Waals surface area contributed by atoms with Crippen molar-refractivity contribution < 1.29 is 0 Å². The molecule has 1 aromatic rings. The molecule has 1 heterocycles. The van der Waals surface area contributed by atoms with Crippen LogP contribution in [0.5, 0.6) is 0 Å². The summed E-state index contributed by atoms with van der Waals surface area (Å²) in [5.74, 6) is 0. The highest BCUT2D eigenvalue weighted by Crippen LogP contribution is 2.22. The zero-order valence-corrected chi connectivity index (χ0v) is 8.03. The molecule has 1 N–H and O–H groups in total. The highest BCUT2D eigenvalue weighted by Gasteiger charge is 2.19. The summed E-state index contributed by atoms with van der Waals surface area (Å²) in [5, 5.41) is 3.60. The summed E-state index contributed by atoms with van der Waals surface area (Å²) in [5.41, 5.74) is 1.34. The van der Waals surface area contributed by atoms with Gasteiger partial charge in [0.15, 0.2) is 0 Å². The third-order valence-electron chi connectivity index (χ3n) is 2.80. The number of aromatic nitrogens is 1. The van der Waals surface area contributed by atoms with Crippen LogP contribution in [0.25, 0.3) is 0 Å². The molecule has 0 amide bonds. The van der Waals surface area contributed by atoms with E-state index in [1.807, 2.05) is 12.4 Å². The fraction of sp³-hybridized carbons (Fsp3) is 0.545. The first kappa shape index (κ1) is 8.70. The number of hydrogen-bond acceptors (Lipinski definition) is 2. The van der Waals surface area contributed by atoms with Crippen LogP contribution in [0.2, 0.25) is 0 Å². The summed E-state index contributed by atoms with van der Waals surface area (Å²) in [6, 6.07) is 5.38. The van der Waals surface area contributed by atoms with Crippen molar-refractivity contribution in [3.63, 3.8) is 0 Å². The number of nitrogens with one attached hydrogen (secondary N) is 1. The molecular formula is C11H16N2. The molecule has 70 valence electrons. The van der Waals surface area contributed by atoms with Crippen LogP contribution in [0.1, 0.15) is 37.8 Å². The number of nitrogens with zero attached hydrogens (tertiary/aromatic N) is 1. The van der Waals surface area contributed by atoms with Gasteiger partial charge in [0.2, 0.25) is 0 Å². The molecule has 1 aliphatic carbocycles. The molecule has 0 bridgehead atoms. The van der Waals surface area contributed by atoms with Gasteiger partial charge in [-0.1, -0.05) is 6.42 Å². The summed E-state index contributed by atoms with van der Waals surface area (Å²) < 4.78 is 0. The van der Waals surface area contributed by atoms with Gasteiger partial charge in [-0.05, 0) is 37.5 Å². The van der Waals surface area contributed by atoms with Crippen molar-refractivity contribution in [3.8, 4) is 0 Å². The lowest BCUT2D eigenvalue weighted by atomic mass is 9.92. The Morgan fingerprint density at radius 1 is 1.38 bits per heavy atom. The molecule has 1 fully saturated rings. The van der Waals surface area contributed by atoms with Crippen molar-refractivity contribution in [2.75, 3.05) is 0 Å². The monoisotopic (exact) mass is 176 g/mol. The molecule has 0 radical (unpaired) electrons. The summed E-state index contributed by atoms with van der Waals surface area (Å²) in [6.45, 7) is 2.22. The summed E-state index contributed by atoms with van der Waals surface area (Å²) in [7, 11) is 0. The van der Waals surface area contributed by atoms with Crippen LogP contribution < -0.4 is 5.32 Å². The lowest BCUT2D eigenvalue weighted by molar-refractivity contribution is 0.313. The minimum Gasteiger partial charge on any atom is -0.307 e. The number of hydrogen-bond donors (Lipinski definition) is 1. The Morgan fingerprint density at radius 3 is 2.62 bits per heavy atom. The molecular weight excluding hydrogens is 160 g/mol. The maximum Gasteiger partial charge on any atom is 0.0295 e. The Hall–Kier alpha value is -0.890. The average Bonchev–Trinajstić information content (AvgIpc) is 2.12. The SMILES string of the molecule is C[C@H](NC1CCC1)c1ccncc1. The molecule has 1 aliphatic rings.